The molecule has 6 N–H and O–H groups in total. The van der Waals surface area contributed by atoms with Crippen LogP contribution in [0.5, 0.6) is 0 Å². The molecule has 488 valence electrons. The number of aliphatic hydroxyl groups is 5. The Hall–Kier alpha value is -1.07. The fourth-order valence-corrected chi connectivity index (χ4v) is 12.3. The zero-order chi connectivity index (χ0) is 59.3. The molecule has 9 nitrogen and oxygen atoms in total. The molecule has 0 aliphatic carbocycles. The van der Waals surface area contributed by atoms with Crippen molar-refractivity contribution >= 4 is 5.91 Å². The molecule has 7 atom stereocenters. The molecule has 1 aliphatic heterocycles. The van der Waals surface area contributed by atoms with E-state index in [0.717, 1.165) is 38.5 Å². The van der Waals surface area contributed by atoms with E-state index >= 15 is 0 Å². The average Bonchev–Trinajstić information content (AvgIpc) is 3.59. The van der Waals surface area contributed by atoms with E-state index in [0.29, 0.717) is 6.42 Å². The Morgan fingerprint density at radius 1 is 0.402 bits per heavy atom. The average molecular weight is 1160 g/mol. The van der Waals surface area contributed by atoms with Gasteiger partial charge in [-0.25, -0.2) is 0 Å². The van der Waals surface area contributed by atoms with Crippen LogP contribution in [0.4, 0.5) is 0 Å². The maximum atomic E-state index is 13.1. The van der Waals surface area contributed by atoms with Crippen LogP contribution < -0.4 is 5.32 Å². The Bertz CT molecular complexity index is 1300. The van der Waals surface area contributed by atoms with Gasteiger partial charge in [0.05, 0.1) is 25.4 Å². The number of aliphatic hydroxyl groups excluding tert-OH is 5. The number of carbonyl (C=O) groups is 1. The molecule has 1 rings (SSSR count). The van der Waals surface area contributed by atoms with Crippen molar-refractivity contribution < 1.29 is 39.8 Å². The summed E-state index contributed by atoms with van der Waals surface area (Å²) in [5.41, 5.74) is 0. The Morgan fingerprint density at radius 3 is 0.951 bits per heavy atom. The molecule has 1 aliphatic rings. The van der Waals surface area contributed by atoms with Gasteiger partial charge < -0.3 is 40.3 Å². The fraction of sp³-hybridized carbons (Fsp3) is 0.959. The lowest BCUT2D eigenvalue weighted by atomic mass is 9.99. The Morgan fingerprint density at radius 2 is 0.671 bits per heavy atom. The van der Waals surface area contributed by atoms with Crippen LogP contribution in [-0.2, 0) is 14.3 Å². The summed E-state index contributed by atoms with van der Waals surface area (Å²) in [6.07, 6.45) is 75.0. The molecule has 82 heavy (non-hydrogen) atoms. The monoisotopic (exact) mass is 1160 g/mol. The van der Waals surface area contributed by atoms with E-state index in [1.165, 1.54) is 334 Å². The van der Waals surface area contributed by atoms with Gasteiger partial charge in [-0.15, -0.1) is 0 Å². The summed E-state index contributed by atoms with van der Waals surface area (Å²) in [4.78, 5) is 13.1. The van der Waals surface area contributed by atoms with Crippen LogP contribution in [-0.4, -0.2) is 87.5 Å². The number of unbranched alkanes of at least 4 members (excludes halogenated alkanes) is 56. The molecule has 0 radical (unpaired) electrons. The van der Waals surface area contributed by atoms with Gasteiger partial charge in [-0.1, -0.05) is 379 Å². The molecule has 1 saturated heterocycles. The number of allylic oxidation sites excluding steroid dienone is 1. The number of amides is 1. The molecule has 0 saturated carbocycles. The summed E-state index contributed by atoms with van der Waals surface area (Å²) in [6, 6.07) is -0.802. The lowest BCUT2D eigenvalue weighted by Crippen LogP contribution is -2.60. The third kappa shape index (κ3) is 51.0. The van der Waals surface area contributed by atoms with E-state index < -0.39 is 49.5 Å². The fourth-order valence-electron chi connectivity index (χ4n) is 12.3. The summed E-state index contributed by atoms with van der Waals surface area (Å²) >= 11 is 0. The molecular formula is C73H143NO8. The number of hydrogen-bond donors (Lipinski definition) is 6. The highest BCUT2D eigenvalue weighted by Crippen LogP contribution is 2.24. The zero-order valence-corrected chi connectivity index (χ0v) is 54.8. The maximum absolute atomic E-state index is 13.1. The number of nitrogens with one attached hydrogen (secondary N) is 1. The SMILES string of the molecule is CCCCCCCCCCCCCCCCCCC/C=C/C(O)C(COC1OC(CO)C(O)C(O)C1O)NC(=O)CCCCCCCCCCCCCCCCCCCCCCCCCCCCCCCCCCCCCCCCCC. The maximum Gasteiger partial charge on any atom is 0.220 e. The second-order valence-electron chi connectivity index (χ2n) is 26.1. The highest BCUT2D eigenvalue weighted by Gasteiger charge is 2.44. The van der Waals surface area contributed by atoms with Gasteiger partial charge >= 0.3 is 0 Å². The largest absolute Gasteiger partial charge is 0.394 e. The molecular weight excluding hydrogens is 1020 g/mol. The van der Waals surface area contributed by atoms with E-state index in [2.05, 4.69) is 19.2 Å². The topological polar surface area (TPSA) is 149 Å². The predicted octanol–water partition coefficient (Wildman–Crippen LogP) is 20.3. The van der Waals surface area contributed by atoms with Crippen LogP contribution in [0.15, 0.2) is 12.2 Å². The summed E-state index contributed by atoms with van der Waals surface area (Å²) in [6.45, 7) is 3.84. The number of rotatable bonds is 66. The van der Waals surface area contributed by atoms with Crippen LogP contribution in [0.2, 0.25) is 0 Å². The first-order chi connectivity index (χ1) is 40.3. The van der Waals surface area contributed by atoms with Crippen molar-refractivity contribution in [3.63, 3.8) is 0 Å². The highest BCUT2D eigenvalue weighted by molar-refractivity contribution is 5.76. The van der Waals surface area contributed by atoms with Gasteiger partial charge in [0.2, 0.25) is 5.91 Å². The van der Waals surface area contributed by atoms with Crippen LogP contribution in [0.1, 0.15) is 393 Å². The first-order valence-electron chi connectivity index (χ1n) is 36.9. The summed E-state index contributed by atoms with van der Waals surface area (Å²) in [7, 11) is 0. The van der Waals surface area contributed by atoms with Crippen LogP contribution in [0.3, 0.4) is 0 Å². The standard InChI is InChI=1S/C73H143NO8/c1-3-5-7-9-11-13-15-17-19-21-23-24-25-26-27-28-29-30-31-32-33-34-35-36-37-38-39-40-41-42-43-45-47-49-51-53-55-57-59-61-63-69(77)74-66(65-81-73-72(80)71(79)70(78)68(64-75)82-73)67(76)62-60-58-56-54-52-50-48-46-44-22-20-18-16-14-12-10-8-6-4-2/h60,62,66-68,70-73,75-76,78-80H,3-59,61,63-65H2,1-2H3,(H,74,77)/b62-60+. The second kappa shape index (κ2) is 63.0. The quantitative estimate of drug-likeness (QED) is 0.0261. The van der Waals surface area contributed by atoms with E-state index in [1.807, 2.05) is 6.08 Å². The van der Waals surface area contributed by atoms with Gasteiger partial charge in [-0.05, 0) is 19.3 Å². The normalized spacial score (nSPS) is 18.3. The van der Waals surface area contributed by atoms with E-state index in [4.69, 9.17) is 9.47 Å². The minimum absolute atomic E-state index is 0.167. The minimum Gasteiger partial charge on any atom is -0.394 e. The van der Waals surface area contributed by atoms with Crippen molar-refractivity contribution in [3.05, 3.63) is 12.2 Å². The first kappa shape index (κ1) is 78.9. The first-order valence-corrected chi connectivity index (χ1v) is 36.9. The van der Waals surface area contributed by atoms with Crippen LogP contribution in [0.25, 0.3) is 0 Å². The Labute approximate surface area is 509 Å². The van der Waals surface area contributed by atoms with E-state index in [9.17, 15) is 30.3 Å². The second-order valence-corrected chi connectivity index (χ2v) is 26.1. The van der Waals surface area contributed by atoms with E-state index in [1.54, 1.807) is 6.08 Å². The molecule has 1 fully saturated rings. The molecule has 0 spiro atoms. The van der Waals surface area contributed by atoms with Crippen molar-refractivity contribution in [2.75, 3.05) is 13.2 Å². The number of ether oxygens (including phenoxy) is 2. The van der Waals surface area contributed by atoms with Gasteiger partial charge in [0.1, 0.15) is 24.4 Å². The molecule has 1 heterocycles. The lowest BCUT2D eigenvalue weighted by Gasteiger charge is -2.40. The van der Waals surface area contributed by atoms with Gasteiger partial charge in [-0.2, -0.15) is 0 Å². The minimum atomic E-state index is -1.56. The number of carbonyl (C=O) groups excluding carboxylic acids is 1. The summed E-state index contributed by atoms with van der Waals surface area (Å²) in [5.74, 6) is -0.167. The molecule has 0 aromatic carbocycles. The molecule has 0 aromatic rings. The smallest absolute Gasteiger partial charge is 0.220 e. The van der Waals surface area contributed by atoms with Crippen molar-refractivity contribution in [1.82, 2.24) is 5.32 Å². The van der Waals surface area contributed by atoms with Gasteiger partial charge in [0, 0.05) is 6.42 Å². The molecule has 7 unspecified atom stereocenters. The van der Waals surface area contributed by atoms with Gasteiger partial charge in [-0.3, -0.25) is 4.79 Å². The van der Waals surface area contributed by atoms with E-state index in [-0.39, 0.29) is 12.5 Å². The van der Waals surface area contributed by atoms with Crippen molar-refractivity contribution in [2.45, 2.75) is 436 Å². The zero-order valence-electron chi connectivity index (χ0n) is 54.8. The van der Waals surface area contributed by atoms with Gasteiger partial charge in [0.25, 0.3) is 0 Å². The molecule has 1 amide bonds. The predicted molar refractivity (Wildman–Crippen MR) is 351 cm³/mol. The Kier molecular flexibility index (Phi) is 60.6. The molecule has 9 heteroatoms. The third-order valence-electron chi connectivity index (χ3n) is 18.1. The van der Waals surface area contributed by atoms with Crippen molar-refractivity contribution in [2.24, 2.45) is 0 Å². The Balaban J connectivity index is 2.02. The van der Waals surface area contributed by atoms with Crippen molar-refractivity contribution in [3.8, 4) is 0 Å². The summed E-state index contributed by atoms with van der Waals surface area (Å²) in [5, 5.41) is 54.7. The highest BCUT2D eigenvalue weighted by atomic mass is 16.7. The summed E-state index contributed by atoms with van der Waals surface area (Å²) < 4.78 is 11.3. The third-order valence-corrected chi connectivity index (χ3v) is 18.1. The molecule has 0 bridgehead atoms. The van der Waals surface area contributed by atoms with Crippen LogP contribution >= 0.6 is 0 Å². The van der Waals surface area contributed by atoms with Gasteiger partial charge in [0.15, 0.2) is 6.29 Å². The molecule has 0 aromatic heterocycles. The van der Waals surface area contributed by atoms with Crippen molar-refractivity contribution in [1.29, 1.82) is 0 Å². The lowest BCUT2D eigenvalue weighted by molar-refractivity contribution is -0.302. The van der Waals surface area contributed by atoms with Crippen LogP contribution in [0, 0.1) is 0 Å². The number of hydrogen-bond acceptors (Lipinski definition) is 8.